The van der Waals surface area contributed by atoms with Gasteiger partial charge in [0.15, 0.2) is 0 Å². The Kier molecular flexibility index (Phi) is 6.82. The molecule has 1 fully saturated rings. The Morgan fingerprint density at radius 3 is 2.32 bits per heavy atom. The van der Waals surface area contributed by atoms with Gasteiger partial charge < -0.3 is 20.6 Å². The fraction of sp³-hybridized carbons (Fsp3) is 0.579. The number of nitrogens with zero attached hydrogens (tertiary/aromatic N) is 1. The highest BCUT2D eigenvalue weighted by molar-refractivity contribution is 5.92. The largest absolute Gasteiger partial charge is 0.396 e. The fourth-order valence-electron chi connectivity index (χ4n) is 3.03. The van der Waals surface area contributed by atoms with Gasteiger partial charge in [-0.05, 0) is 55.9 Å². The van der Waals surface area contributed by atoms with Gasteiger partial charge in [0.2, 0.25) is 5.91 Å². The number of carbonyl (C=O) groups excluding carboxylic acids is 2. The predicted octanol–water partition coefficient (Wildman–Crippen LogP) is 3.30. The Hall–Kier alpha value is -2.08. The molecule has 1 aliphatic heterocycles. The number of aliphatic hydroxyl groups excluding tert-OH is 1. The van der Waals surface area contributed by atoms with Crippen LogP contribution in [0.1, 0.15) is 40.0 Å². The average molecular weight is 347 g/mol. The van der Waals surface area contributed by atoms with Gasteiger partial charge in [-0.1, -0.05) is 13.8 Å². The third kappa shape index (κ3) is 5.74. The van der Waals surface area contributed by atoms with Crippen molar-refractivity contribution in [2.75, 3.05) is 23.8 Å². The van der Waals surface area contributed by atoms with Gasteiger partial charge >= 0.3 is 6.03 Å². The molecule has 25 heavy (non-hydrogen) atoms. The van der Waals surface area contributed by atoms with E-state index in [-0.39, 0.29) is 30.5 Å². The number of amides is 3. The number of hydrogen-bond donors (Lipinski definition) is 3. The van der Waals surface area contributed by atoms with Crippen LogP contribution in [-0.2, 0) is 4.79 Å². The maximum absolute atomic E-state index is 12.5. The lowest BCUT2D eigenvalue weighted by atomic mass is 9.94. The van der Waals surface area contributed by atoms with E-state index in [4.69, 9.17) is 0 Å². The summed E-state index contributed by atoms with van der Waals surface area (Å²) in [4.78, 5) is 26.0. The number of carbonyl (C=O) groups is 2. The lowest BCUT2D eigenvalue weighted by molar-refractivity contribution is -0.116. The number of anilines is 2. The molecule has 0 aliphatic carbocycles. The van der Waals surface area contributed by atoms with Gasteiger partial charge in [0.1, 0.15) is 0 Å². The number of benzene rings is 1. The number of piperidine rings is 1. The molecular weight excluding hydrogens is 318 g/mol. The molecular formula is C19H29N3O3. The minimum absolute atomic E-state index is 0.0102. The maximum Gasteiger partial charge on any atom is 0.322 e. The second kappa shape index (κ2) is 8.85. The third-order valence-electron chi connectivity index (χ3n) is 4.51. The molecule has 6 nitrogen and oxygen atoms in total. The first kappa shape index (κ1) is 19.2. The Labute approximate surface area is 149 Å². The van der Waals surface area contributed by atoms with E-state index in [1.807, 2.05) is 20.8 Å². The molecule has 0 spiro atoms. The van der Waals surface area contributed by atoms with Crippen molar-refractivity contribution in [1.29, 1.82) is 0 Å². The van der Waals surface area contributed by atoms with Gasteiger partial charge in [0.05, 0.1) is 0 Å². The van der Waals surface area contributed by atoms with Crippen molar-refractivity contribution in [1.82, 2.24) is 4.90 Å². The summed E-state index contributed by atoms with van der Waals surface area (Å²) in [6, 6.07) is 7.13. The molecule has 1 heterocycles. The zero-order valence-corrected chi connectivity index (χ0v) is 15.3. The van der Waals surface area contributed by atoms with Crippen LogP contribution in [0.25, 0.3) is 0 Å². The number of urea groups is 1. The molecule has 0 bridgehead atoms. The SMILES string of the molecule is CC(C)CC(=O)Nc1ccc(NC(=O)N2C[C@@H](CO)CC[C@H]2C)cc1. The van der Waals surface area contributed by atoms with Crippen molar-refractivity contribution in [2.24, 2.45) is 11.8 Å². The van der Waals surface area contributed by atoms with E-state index in [1.165, 1.54) is 0 Å². The van der Waals surface area contributed by atoms with Crippen molar-refractivity contribution < 1.29 is 14.7 Å². The molecule has 1 saturated heterocycles. The van der Waals surface area contributed by atoms with E-state index >= 15 is 0 Å². The first-order chi connectivity index (χ1) is 11.9. The second-order valence-corrected chi connectivity index (χ2v) is 7.28. The highest BCUT2D eigenvalue weighted by Gasteiger charge is 2.28. The lowest BCUT2D eigenvalue weighted by Crippen LogP contribution is -2.48. The van der Waals surface area contributed by atoms with E-state index < -0.39 is 0 Å². The summed E-state index contributed by atoms with van der Waals surface area (Å²) >= 11 is 0. The van der Waals surface area contributed by atoms with E-state index in [0.29, 0.717) is 24.6 Å². The number of likely N-dealkylation sites (tertiary alicyclic amines) is 1. The Morgan fingerprint density at radius 1 is 1.16 bits per heavy atom. The summed E-state index contributed by atoms with van der Waals surface area (Å²) in [5.74, 6) is 0.456. The number of nitrogens with one attached hydrogen (secondary N) is 2. The molecule has 0 radical (unpaired) electrons. The van der Waals surface area contributed by atoms with Crippen LogP contribution in [0.2, 0.25) is 0 Å². The van der Waals surface area contributed by atoms with E-state index in [0.717, 1.165) is 18.5 Å². The van der Waals surface area contributed by atoms with Gasteiger partial charge in [-0.2, -0.15) is 0 Å². The van der Waals surface area contributed by atoms with Crippen LogP contribution in [-0.4, -0.2) is 41.1 Å². The molecule has 0 aromatic heterocycles. The lowest BCUT2D eigenvalue weighted by Gasteiger charge is -2.37. The molecule has 2 rings (SSSR count). The summed E-state index contributed by atoms with van der Waals surface area (Å²) in [6.07, 6.45) is 2.34. The van der Waals surface area contributed by atoms with E-state index in [1.54, 1.807) is 29.2 Å². The molecule has 1 aromatic carbocycles. The van der Waals surface area contributed by atoms with Crippen molar-refractivity contribution in [3.8, 4) is 0 Å². The summed E-state index contributed by atoms with van der Waals surface area (Å²) < 4.78 is 0. The second-order valence-electron chi connectivity index (χ2n) is 7.28. The van der Waals surface area contributed by atoms with Crippen LogP contribution in [0.15, 0.2) is 24.3 Å². The molecule has 3 amide bonds. The van der Waals surface area contributed by atoms with Crippen LogP contribution < -0.4 is 10.6 Å². The van der Waals surface area contributed by atoms with Gasteiger partial charge in [-0.3, -0.25) is 4.79 Å². The van der Waals surface area contributed by atoms with Crippen LogP contribution in [0, 0.1) is 11.8 Å². The van der Waals surface area contributed by atoms with Crippen molar-refractivity contribution in [2.45, 2.75) is 46.1 Å². The molecule has 2 atom stereocenters. The van der Waals surface area contributed by atoms with Crippen molar-refractivity contribution in [3.05, 3.63) is 24.3 Å². The minimum Gasteiger partial charge on any atom is -0.396 e. The van der Waals surface area contributed by atoms with Crippen LogP contribution in [0.3, 0.4) is 0 Å². The number of aliphatic hydroxyl groups is 1. The van der Waals surface area contributed by atoms with Crippen LogP contribution >= 0.6 is 0 Å². The highest BCUT2D eigenvalue weighted by Crippen LogP contribution is 2.23. The molecule has 3 N–H and O–H groups in total. The third-order valence-corrected chi connectivity index (χ3v) is 4.51. The van der Waals surface area contributed by atoms with Gasteiger partial charge in [0.25, 0.3) is 0 Å². The van der Waals surface area contributed by atoms with Crippen molar-refractivity contribution in [3.63, 3.8) is 0 Å². The van der Waals surface area contributed by atoms with Gasteiger partial charge in [0, 0.05) is 37.0 Å². The summed E-state index contributed by atoms with van der Waals surface area (Å²) in [5.41, 5.74) is 1.40. The maximum atomic E-state index is 12.5. The molecule has 1 aliphatic rings. The first-order valence-electron chi connectivity index (χ1n) is 8.97. The fourth-order valence-corrected chi connectivity index (χ4v) is 3.03. The number of hydrogen-bond acceptors (Lipinski definition) is 3. The Bertz CT molecular complexity index is 586. The summed E-state index contributed by atoms with van der Waals surface area (Å²) in [7, 11) is 0. The smallest absolute Gasteiger partial charge is 0.322 e. The minimum atomic E-state index is -0.151. The molecule has 1 aromatic rings. The molecule has 6 heteroatoms. The van der Waals surface area contributed by atoms with E-state index in [2.05, 4.69) is 10.6 Å². The van der Waals surface area contributed by atoms with Gasteiger partial charge in [-0.25, -0.2) is 4.79 Å². The zero-order chi connectivity index (χ0) is 18.4. The summed E-state index contributed by atoms with van der Waals surface area (Å²) in [5, 5.41) is 15.1. The topological polar surface area (TPSA) is 81.7 Å². The molecule has 0 unspecified atom stereocenters. The van der Waals surface area contributed by atoms with Gasteiger partial charge in [-0.15, -0.1) is 0 Å². The Morgan fingerprint density at radius 2 is 1.76 bits per heavy atom. The van der Waals surface area contributed by atoms with Crippen LogP contribution in [0.5, 0.6) is 0 Å². The monoisotopic (exact) mass is 347 g/mol. The highest BCUT2D eigenvalue weighted by atomic mass is 16.3. The normalized spacial score (nSPS) is 20.4. The average Bonchev–Trinajstić information content (AvgIpc) is 2.56. The standard InChI is InChI=1S/C19H29N3O3/c1-13(2)10-18(24)20-16-6-8-17(9-7-16)21-19(25)22-11-15(12-23)5-4-14(22)3/h6-9,13-15,23H,4-5,10-12H2,1-3H3,(H,20,24)(H,21,25)/t14-,15+/m1/s1. The number of rotatable bonds is 5. The molecule has 0 saturated carbocycles. The van der Waals surface area contributed by atoms with Crippen LogP contribution in [0.4, 0.5) is 16.2 Å². The zero-order valence-electron chi connectivity index (χ0n) is 15.3. The van der Waals surface area contributed by atoms with E-state index in [9.17, 15) is 14.7 Å². The predicted molar refractivity (Wildman–Crippen MR) is 99.5 cm³/mol. The van der Waals surface area contributed by atoms with Crippen molar-refractivity contribution >= 4 is 23.3 Å². The first-order valence-corrected chi connectivity index (χ1v) is 8.97. The quantitative estimate of drug-likeness (QED) is 0.764. The Balaban J connectivity index is 1.91. The summed E-state index contributed by atoms with van der Waals surface area (Å²) in [6.45, 7) is 6.72. The molecule has 138 valence electrons.